The summed E-state index contributed by atoms with van der Waals surface area (Å²) in [6.07, 6.45) is 2.25. The molecule has 2 amide bonds. The molecule has 1 aliphatic rings. The molecule has 0 spiro atoms. The summed E-state index contributed by atoms with van der Waals surface area (Å²) in [6.45, 7) is 5.49. The van der Waals surface area contributed by atoms with Gasteiger partial charge >= 0.3 is 6.09 Å². The van der Waals surface area contributed by atoms with Crippen molar-refractivity contribution in [3.63, 3.8) is 0 Å². The number of hydrogen-bond acceptors (Lipinski definition) is 6. The molecule has 3 N–H and O–H groups in total. The predicted octanol–water partition coefficient (Wildman–Crippen LogP) is 3.90. The van der Waals surface area contributed by atoms with E-state index in [1.165, 1.54) is 0 Å². The molecule has 4 rings (SSSR count). The number of hydrogen-bond donors (Lipinski definition) is 3. The summed E-state index contributed by atoms with van der Waals surface area (Å²) < 4.78 is 7.23. The molecular formula is C28H30IN5O4. The molecule has 38 heavy (non-hydrogen) atoms. The Labute approximate surface area is 234 Å². The summed E-state index contributed by atoms with van der Waals surface area (Å²) in [7, 11) is 0. The third-order valence-electron chi connectivity index (χ3n) is 6.27. The maximum absolute atomic E-state index is 13.8. The van der Waals surface area contributed by atoms with Gasteiger partial charge in [-0.25, -0.2) is 9.78 Å². The number of fused-ring (bicyclic) bond motifs is 1. The van der Waals surface area contributed by atoms with E-state index in [-0.39, 0.29) is 23.8 Å². The Balaban J connectivity index is 1.50. The lowest BCUT2D eigenvalue weighted by molar-refractivity contribution is -0.130. The largest absolute Gasteiger partial charge is 0.444 e. The van der Waals surface area contributed by atoms with Gasteiger partial charge in [0.1, 0.15) is 22.8 Å². The summed E-state index contributed by atoms with van der Waals surface area (Å²) in [5.74, 6) is 0.289. The SMILES string of the molecule is CC(C)(C)OC(=O)NC(=N)c1ccc(CNC(=O)C2(Cc3ccccc3)CCc3ncc(I)c(=O)n32)cc1. The number of halogens is 1. The Hall–Kier alpha value is -3.54. The zero-order chi connectivity index (χ0) is 27.5. The highest BCUT2D eigenvalue weighted by atomic mass is 127. The number of aryl methyl sites for hydroxylation is 1. The van der Waals surface area contributed by atoms with E-state index >= 15 is 0 Å². The van der Waals surface area contributed by atoms with Crippen molar-refractivity contribution in [2.75, 3.05) is 0 Å². The van der Waals surface area contributed by atoms with E-state index in [1.807, 2.05) is 52.9 Å². The Kier molecular flexibility index (Phi) is 8.00. The van der Waals surface area contributed by atoms with Crippen LogP contribution in [0.4, 0.5) is 4.79 Å². The first-order valence-corrected chi connectivity index (χ1v) is 13.3. The van der Waals surface area contributed by atoms with Gasteiger partial charge in [-0.2, -0.15) is 0 Å². The zero-order valence-corrected chi connectivity index (χ0v) is 23.7. The van der Waals surface area contributed by atoms with Crippen LogP contribution in [-0.4, -0.2) is 33.0 Å². The second kappa shape index (κ2) is 11.1. The van der Waals surface area contributed by atoms with Crippen LogP contribution in [0, 0.1) is 8.98 Å². The molecule has 9 nitrogen and oxygen atoms in total. The van der Waals surface area contributed by atoms with Crippen molar-refractivity contribution in [2.45, 2.75) is 57.7 Å². The van der Waals surface area contributed by atoms with Crippen molar-refractivity contribution in [1.82, 2.24) is 20.2 Å². The van der Waals surface area contributed by atoms with Gasteiger partial charge in [0.05, 0.1) is 3.57 Å². The molecule has 2 aromatic carbocycles. The Morgan fingerprint density at radius 2 is 1.79 bits per heavy atom. The van der Waals surface area contributed by atoms with Gasteiger partial charge in [0, 0.05) is 31.1 Å². The minimum atomic E-state index is -1.08. The maximum atomic E-state index is 13.8. The lowest BCUT2D eigenvalue weighted by Gasteiger charge is -2.30. The lowest BCUT2D eigenvalue weighted by Crippen LogP contribution is -2.52. The molecule has 0 saturated heterocycles. The molecule has 1 aliphatic heterocycles. The van der Waals surface area contributed by atoms with Crippen molar-refractivity contribution in [1.29, 1.82) is 5.41 Å². The summed E-state index contributed by atoms with van der Waals surface area (Å²) in [4.78, 5) is 43.4. The van der Waals surface area contributed by atoms with Crippen LogP contribution in [0.15, 0.2) is 65.6 Å². The van der Waals surface area contributed by atoms with Crippen molar-refractivity contribution < 1.29 is 14.3 Å². The summed E-state index contributed by atoms with van der Waals surface area (Å²) >= 11 is 1.96. The highest BCUT2D eigenvalue weighted by Crippen LogP contribution is 2.34. The first-order valence-electron chi connectivity index (χ1n) is 12.3. The number of carbonyl (C=O) groups excluding carboxylic acids is 2. The second-order valence-electron chi connectivity index (χ2n) is 10.2. The number of nitrogens with one attached hydrogen (secondary N) is 3. The molecule has 0 fully saturated rings. The van der Waals surface area contributed by atoms with Gasteiger partial charge in [-0.1, -0.05) is 54.6 Å². The van der Waals surface area contributed by atoms with Gasteiger partial charge in [-0.05, 0) is 60.9 Å². The predicted molar refractivity (Wildman–Crippen MR) is 152 cm³/mol. The molecular weight excluding hydrogens is 597 g/mol. The fourth-order valence-electron chi connectivity index (χ4n) is 4.53. The van der Waals surface area contributed by atoms with Crippen molar-refractivity contribution in [3.8, 4) is 0 Å². The molecule has 1 aromatic heterocycles. The first kappa shape index (κ1) is 27.5. The van der Waals surface area contributed by atoms with E-state index in [0.29, 0.717) is 34.2 Å². The number of benzene rings is 2. The number of alkyl carbamates (subject to hydrolysis) is 1. The smallest absolute Gasteiger partial charge is 0.413 e. The summed E-state index contributed by atoms with van der Waals surface area (Å²) in [5, 5.41) is 13.6. The fraction of sp³-hybridized carbons (Fsp3) is 0.321. The van der Waals surface area contributed by atoms with Gasteiger partial charge in [0.25, 0.3) is 5.56 Å². The molecule has 198 valence electrons. The van der Waals surface area contributed by atoms with Gasteiger partial charge < -0.3 is 10.1 Å². The standard InChI is InChI=1S/C28H30IN5O4/c1-27(2,3)38-26(37)33-23(30)20-11-9-19(10-12-20)16-32-25(36)28(15-18-7-5-4-6-8-18)14-13-22-31-17-21(29)24(35)34(22)28/h4-12,17H,13-16H2,1-3H3,(H,32,36)(H2,30,33,37). The first-order chi connectivity index (χ1) is 18.0. The van der Waals surface area contributed by atoms with Gasteiger partial charge in [0.2, 0.25) is 5.91 Å². The van der Waals surface area contributed by atoms with E-state index in [2.05, 4.69) is 15.6 Å². The molecule has 2 heterocycles. The number of nitrogens with zero attached hydrogens (tertiary/aromatic N) is 2. The monoisotopic (exact) mass is 627 g/mol. The zero-order valence-electron chi connectivity index (χ0n) is 21.5. The maximum Gasteiger partial charge on any atom is 0.413 e. The number of carbonyl (C=O) groups is 2. The van der Waals surface area contributed by atoms with Crippen molar-refractivity contribution in [2.24, 2.45) is 0 Å². The number of aromatic nitrogens is 2. The normalized spacial score (nSPS) is 16.4. The molecule has 1 atom stereocenters. The topological polar surface area (TPSA) is 126 Å². The van der Waals surface area contributed by atoms with Crippen LogP contribution < -0.4 is 16.2 Å². The molecule has 3 aromatic rings. The molecule has 0 saturated carbocycles. The highest BCUT2D eigenvalue weighted by molar-refractivity contribution is 14.1. The molecule has 10 heteroatoms. The Bertz CT molecular complexity index is 1410. The van der Waals surface area contributed by atoms with Crippen molar-refractivity contribution >= 4 is 40.4 Å². The quantitative estimate of drug-likeness (QED) is 0.217. The fourth-order valence-corrected chi connectivity index (χ4v) is 4.91. The second-order valence-corrected chi connectivity index (χ2v) is 11.4. The van der Waals surface area contributed by atoms with Crippen LogP contribution in [0.25, 0.3) is 0 Å². The minimum Gasteiger partial charge on any atom is -0.444 e. The summed E-state index contributed by atoms with van der Waals surface area (Å²) in [5.41, 5.74) is 0.322. The van der Waals surface area contributed by atoms with Crippen molar-refractivity contribution in [3.05, 3.63) is 97.2 Å². The molecule has 0 bridgehead atoms. The number of ether oxygens (including phenoxy) is 1. The van der Waals surface area contributed by atoms with Crippen LogP contribution in [0.5, 0.6) is 0 Å². The lowest BCUT2D eigenvalue weighted by atomic mass is 9.87. The van der Waals surface area contributed by atoms with Gasteiger partial charge in [-0.15, -0.1) is 0 Å². The molecule has 1 unspecified atom stereocenters. The van der Waals surface area contributed by atoms with Crippen LogP contribution >= 0.6 is 22.6 Å². The van der Waals surface area contributed by atoms with Gasteiger partial charge in [-0.3, -0.25) is 24.9 Å². The third-order valence-corrected chi connectivity index (χ3v) is 7.01. The van der Waals surface area contributed by atoms with Crippen LogP contribution in [0.3, 0.4) is 0 Å². The summed E-state index contributed by atoms with van der Waals surface area (Å²) in [6, 6.07) is 16.6. The minimum absolute atomic E-state index is 0.0827. The van der Waals surface area contributed by atoms with Gasteiger partial charge in [0.15, 0.2) is 0 Å². The number of rotatable bonds is 6. The third kappa shape index (κ3) is 6.12. The number of amidine groups is 1. The van der Waals surface area contributed by atoms with E-state index in [1.54, 1.807) is 55.8 Å². The van der Waals surface area contributed by atoms with E-state index < -0.39 is 17.2 Å². The molecule has 0 radical (unpaired) electrons. The average Bonchev–Trinajstić information content (AvgIpc) is 3.24. The van der Waals surface area contributed by atoms with E-state index in [9.17, 15) is 14.4 Å². The highest BCUT2D eigenvalue weighted by Gasteiger charge is 2.46. The Morgan fingerprint density at radius 1 is 1.11 bits per heavy atom. The number of amides is 2. The molecule has 0 aliphatic carbocycles. The Morgan fingerprint density at radius 3 is 2.45 bits per heavy atom. The average molecular weight is 627 g/mol. The van der Waals surface area contributed by atoms with E-state index in [4.69, 9.17) is 10.1 Å². The van der Waals surface area contributed by atoms with Crippen LogP contribution in [0.2, 0.25) is 0 Å². The van der Waals surface area contributed by atoms with Crippen LogP contribution in [-0.2, 0) is 34.5 Å². The van der Waals surface area contributed by atoms with E-state index in [0.717, 1.165) is 11.1 Å². The van der Waals surface area contributed by atoms with Crippen LogP contribution in [0.1, 0.15) is 49.7 Å².